The van der Waals surface area contributed by atoms with Crippen LogP contribution in [0.1, 0.15) is 27.0 Å². The predicted octanol–water partition coefficient (Wildman–Crippen LogP) is 2.03. The molecule has 1 atom stereocenters. The van der Waals surface area contributed by atoms with Gasteiger partial charge in [-0.2, -0.15) is 13.9 Å². The summed E-state index contributed by atoms with van der Waals surface area (Å²) in [6, 6.07) is 1.38. The summed E-state index contributed by atoms with van der Waals surface area (Å²) < 4.78 is 30.6. The van der Waals surface area contributed by atoms with Crippen LogP contribution < -0.4 is 10.1 Å². The zero-order valence-corrected chi connectivity index (χ0v) is 13.7. The smallest absolute Gasteiger partial charge is 0.387 e. The molecule has 0 saturated heterocycles. The molecule has 0 fully saturated rings. The van der Waals surface area contributed by atoms with Crippen LogP contribution in [0.5, 0.6) is 5.75 Å². The molecule has 2 rings (SSSR count). The van der Waals surface area contributed by atoms with E-state index in [9.17, 15) is 18.7 Å². The Kier molecular flexibility index (Phi) is 5.00. The summed E-state index contributed by atoms with van der Waals surface area (Å²) in [6.07, 6.45) is 3.12. The summed E-state index contributed by atoms with van der Waals surface area (Å²) >= 11 is 1.05. The van der Waals surface area contributed by atoms with Crippen LogP contribution in [-0.2, 0) is 12.6 Å². The fourth-order valence-corrected chi connectivity index (χ4v) is 2.83. The number of amides is 1. The Labute approximate surface area is 135 Å². The molecule has 0 aliphatic carbocycles. The molecule has 0 bridgehead atoms. The number of ether oxygens (including phenoxy) is 1. The van der Waals surface area contributed by atoms with Gasteiger partial charge < -0.3 is 15.2 Å². The molecule has 0 spiro atoms. The number of alkyl halides is 2. The van der Waals surface area contributed by atoms with Gasteiger partial charge in [0, 0.05) is 23.7 Å². The van der Waals surface area contributed by atoms with Crippen LogP contribution >= 0.6 is 11.3 Å². The number of aryl methyl sites for hydroxylation is 2. The average Bonchev–Trinajstić information content (AvgIpc) is 3.02. The third kappa shape index (κ3) is 4.26. The number of aliphatic hydroxyl groups is 1. The number of thiophene rings is 1. The Balaban J connectivity index is 2.07. The topological polar surface area (TPSA) is 76.4 Å². The van der Waals surface area contributed by atoms with Crippen molar-refractivity contribution in [3.05, 3.63) is 33.8 Å². The van der Waals surface area contributed by atoms with Gasteiger partial charge in [0.25, 0.3) is 5.91 Å². The van der Waals surface area contributed by atoms with Gasteiger partial charge >= 0.3 is 6.61 Å². The van der Waals surface area contributed by atoms with Crippen molar-refractivity contribution in [3.63, 3.8) is 0 Å². The molecule has 1 unspecified atom stereocenters. The molecule has 2 heterocycles. The molecule has 0 aromatic carbocycles. The Bertz CT molecular complexity index is 697. The van der Waals surface area contributed by atoms with E-state index in [1.807, 2.05) is 0 Å². The highest BCUT2D eigenvalue weighted by molar-refractivity contribution is 7.14. The van der Waals surface area contributed by atoms with Gasteiger partial charge in [-0.3, -0.25) is 9.48 Å². The summed E-state index contributed by atoms with van der Waals surface area (Å²) in [5.41, 5.74) is -0.799. The van der Waals surface area contributed by atoms with Crippen molar-refractivity contribution in [2.24, 2.45) is 7.05 Å². The largest absolute Gasteiger partial charge is 0.433 e. The molecular weight excluding hydrogens is 328 g/mol. The van der Waals surface area contributed by atoms with Crippen molar-refractivity contribution in [3.8, 4) is 5.75 Å². The lowest BCUT2D eigenvalue weighted by molar-refractivity contribution is -0.0498. The van der Waals surface area contributed by atoms with E-state index >= 15 is 0 Å². The molecule has 0 aliphatic rings. The van der Waals surface area contributed by atoms with Crippen LogP contribution in [0.2, 0.25) is 0 Å². The highest BCUT2D eigenvalue weighted by atomic mass is 32.1. The molecule has 0 saturated carbocycles. The Morgan fingerprint density at radius 1 is 1.61 bits per heavy atom. The summed E-state index contributed by atoms with van der Waals surface area (Å²) in [4.78, 5) is 12.9. The van der Waals surface area contributed by atoms with Crippen LogP contribution in [0.15, 0.2) is 18.5 Å². The second kappa shape index (κ2) is 6.63. The van der Waals surface area contributed by atoms with Crippen LogP contribution in [-0.4, -0.2) is 34.0 Å². The first-order chi connectivity index (χ1) is 10.7. The second-order valence-corrected chi connectivity index (χ2v) is 6.54. The minimum Gasteiger partial charge on any atom is -0.433 e. The third-order valence-electron chi connectivity index (χ3n) is 3.16. The Hall–Kier alpha value is -2.00. The van der Waals surface area contributed by atoms with E-state index < -0.39 is 18.1 Å². The molecule has 0 aliphatic heterocycles. The van der Waals surface area contributed by atoms with Crippen molar-refractivity contribution in [2.75, 3.05) is 6.54 Å². The first kappa shape index (κ1) is 17.4. The zero-order chi connectivity index (χ0) is 17.2. The minimum atomic E-state index is -3.01. The van der Waals surface area contributed by atoms with E-state index in [1.54, 1.807) is 20.2 Å². The molecule has 1 amide bonds. The van der Waals surface area contributed by atoms with Gasteiger partial charge in [0.1, 0.15) is 16.2 Å². The van der Waals surface area contributed by atoms with E-state index in [-0.39, 0.29) is 17.2 Å². The number of nitrogens with one attached hydrogen (secondary N) is 1. The molecule has 2 N–H and O–H groups in total. The van der Waals surface area contributed by atoms with Gasteiger partial charge in [0.15, 0.2) is 0 Å². The third-order valence-corrected chi connectivity index (χ3v) is 4.19. The van der Waals surface area contributed by atoms with Crippen molar-refractivity contribution < 1.29 is 23.4 Å². The fraction of sp³-hybridized carbons (Fsp3) is 0.429. The highest BCUT2D eigenvalue weighted by Gasteiger charge is 2.27. The Morgan fingerprint density at radius 2 is 2.30 bits per heavy atom. The molecule has 0 radical (unpaired) electrons. The maximum Gasteiger partial charge on any atom is 0.387 e. The van der Waals surface area contributed by atoms with Gasteiger partial charge in [-0.25, -0.2) is 0 Å². The Morgan fingerprint density at radius 3 is 2.87 bits per heavy atom. The van der Waals surface area contributed by atoms with Crippen LogP contribution in [0, 0.1) is 6.92 Å². The number of nitrogens with zero attached hydrogens (tertiary/aromatic N) is 2. The van der Waals surface area contributed by atoms with Crippen LogP contribution in [0.4, 0.5) is 8.78 Å². The maximum absolute atomic E-state index is 12.4. The standard InChI is InChI=1S/C14H17F2N3O3S/c1-8-4-10(22-13(15)16)11(23-8)12(20)17-7-14(2,21)9-5-18-19(3)6-9/h4-6,13,21H,7H2,1-3H3,(H,17,20). The number of halogens is 2. The molecule has 2 aromatic rings. The average molecular weight is 345 g/mol. The molecule has 23 heavy (non-hydrogen) atoms. The van der Waals surface area contributed by atoms with Gasteiger partial charge in [-0.1, -0.05) is 0 Å². The highest BCUT2D eigenvalue weighted by Crippen LogP contribution is 2.30. The van der Waals surface area contributed by atoms with Crippen molar-refractivity contribution in [1.29, 1.82) is 0 Å². The summed E-state index contributed by atoms with van der Waals surface area (Å²) in [5.74, 6) is -0.746. The molecule has 6 nitrogen and oxygen atoms in total. The van der Waals surface area contributed by atoms with E-state index in [4.69, 9.17) is 0 Å². The monoisotopic (exact) mass is 345 g/mol. The lowest BCUT2D eigenvalue weighted by Crippen LogP contribution is -2.38. The second-order valence-electron chi connectivity index (χ2n) is 5.29. The molecule has 9 heteroatoms. The van der Waals surface area contributed by atoms with E-state index in [2.05, 4.69) is 15.2 Å². The van der Waals surface area contributed by atoms with Gasteiger partial charge in [0.2, 0.25) is 0 Å². The first-order valence-electron chi connectivity index (χ1n) is 6.74. The van der Waals surface area contributed by atoms with E-state index in [1.165, 1.54) is 23.9 Å². The fourth-order valence-electron chi connectivity index (χ4n) is 1.97. The summed E-state index contributed by atoms with van der Waals surface area (Å²) in [6.45, 7) is 0.114. The maximum atomic E-state index is 12.4. The van der Waals surface area contributed by atoms with Crippen LogP contribution in [0.25, 0.3) is 0 Å². The van der Waals surface area contributed by atoms with Crippen molar-refractivity contribution in [2.45, 2.75) is 26.1 Å². The van der Waals surface area contributed by atoms with Gasteiger partial charge in [0.05, 0.1) is 12.7 Å². The summed E-state index contributed by atoms with van der Waals surface area (Å²) in [7, 11) is 1.71. The first-order valence-corrected chi connectivity index (χ1v) is 7.55. The number of hydrogen-bond donors (Lipinski definition) is 2. The minimum absolute atomic E-state index is 0.0461. The number of aromatic nitrogens is 2. The van der Waals surface area contributed by atoms with Gasteiger partial charge in [-0.05, 0) is 19.9 Å². The normalized spacial score (nSPS) is 13.9. The quantitative estimate of drug-likeness (QED) is 0.840. The number of rotatable bonds is 6. The van der Waals surface area contributed by atoms with Gasteiger partial charge in [-0.15, -0.1) is 11.3 Å². The lowest BCUT2D eigenvalue weighted by Gasteiger charge is -2.22. The summed E-state index contributed by atoms with van der Waals surface area (Å²) in [5, 5.41) is 16.9. The molecule has 2 aromatic heterocycles. The number of carbonyl (C=O) groups excluding carboxylic acids is 1. The number of hydrogen-bond acceptors (Lipinski definition) is 5. The van der Waals surface area contributed by atoms with E-state index in [0.717, 1.165) is 11.3 Å². The SMILES string of the molecule is Cc1cc(OC(F)F)c(C(=O)NCC(C)(O)c2cnn(C)c2)s1. The predicted molar refractivity (Wildman–Crippen MR) is 80.8 cm³/mol. The lowest BCUT2D eigenvalue weighted by atomic mass is 10.00. The van der Waals surface area contributed by atoms with E-state index in [0.29, 0.717) is 10.4 Å². The zero-order valence-electron chi connectivity index (χ0n) is 12.8. The number of carbonyl (C=O) groups is 1. The van der Waals surface area contributed by atoms with Crippen molar-refractivity contribution >= 4 is 17.2 Å². The molecular formula is C14H17F2N3O3S. The molecule has 126 valence electrons. The van der Waals surface area contributed by atoms with Crippen molar-refractivity contribution in [1.82, 2.24) is 15.1 Å². The van der Waals surface area contributed by atoms with Crippen LogP contribution in [0.3, 0.4) is 0 Å².